The molecule has 1 atom stereocenters. The highest BCUT2D eigenvalue weighted by Gasteiger charge is 2.17. The van der Waals surface area contributed by atoms with Gasteiger partial charge in [0.15, 0.2) is 6.29 Å². The van der Waals surface area contributed by atoms with Gasteiger partial charge in [0.05, 0.1) is 13.7 Å². The fourth-order valence-corrected chi connectivity index (χ4v) is 2.13. The van der Waals surface area contributed by atoms with Gasteiger partial charge in [0.2, 0.25) is 0 Å². The predicted molar refractivity (Wildman–Crippen MR) is 86.2 cm³/mol. The van der Waals surface area contributed by atoms with Crippen molar-refractivity contribution in [1.82, 2.24) is 0 Å². The molecule has 1 unspecified atom stereocenters. The highest BCUT2D eigenvalue weighted by Crippen LogP contribution is 2.27. The van der Waals surface area contributed by atoms with Crippen molar-refractivity contribution in [3.63, 3.8) is 0 Å². The Morgan fingerprint density at radius 2 is 1.73 bits per heavy atom. The molecular weight excluding hydrogens is 280 g/mol. The van der Waals surface area contributed by atoms with Gasteiger partial charge in [0, 0.05) is 0 Å². The lowest BCUT2D eigenvalue weighted by molar-refractivity contribution is -0.0758. The predicted octanol–water partition coefficient (Wildman–Crippen LogP) is 4.02. The number of carbonyl (C=O) groups is 1. The Bertz CT molecular complexity index is 649. The van der Waals surface area contributed by atoms with Crippen molar-refractivity contribution in [2.24, 2.45) is 5.92 Å². The van der Waals surface area contributed by atoms with Gasteiger partial charge in [-0.3, -0.25) is 0 Å². The average Bonchev–Trinajstić information content (AvgIpc) is 2.51. The van der Waals surface area contributed by atoms with E-state index < -0.39 is 12.3 Å². The van der Waals surface area contributed by atoms with Crippen LogP contribution in [0.4, 0.5) is 0 Å². The summed E-state index contributed by atoms with van der Waals surface area (Å²) in [5, 5.41) is 1.97. The van der Waals surface area contributed by atoms with Crippen LogP contribution >= 0.6 is 0 Å². The first-order chi connectivity index (χ1) is 10.5. The van der Waals surface area contributed by atoms with Gasteiger partial charge in [-0.2, -0.15) is 0 Å². The second-order valence-electron chi connectivity index (χ2n) is 5.60. The zero-order chi connectivity index (χ0) is 16.1. The molecule has 22 heavy (non-hydrogen) atoms. The molecule has 0 aliphatic heterocycles. The highest BCUT2D eigenvalue weighted by atomic mass is 16.7. The number of fused-ring (bicyclic) bond motifs is 1. The molecular formula is C18H22O4. The van der Waals surface area contributed by atoms with E-state index >= 15 is 0 Å². The lowest BCUT2D eigenvalue weighted by atomic mass is 10.1. The van der Waals surface area contributed by atoms with Crippen molar-refractivity contribution in [2.75, 3.05) is 13.7 Å². The number of ether oxygens (including phenoxy) is 3. The van der Waals surface area contributed by atoms with Crippen LogP contribution in [0.15, 0.2) is 36.4 Å². The molecule has 0 N–H and O–H groups in total. The molecule has 2 rings (SSSR count). The summed E-state index contributed by atoms with van der Waals surface area (Å²) in [4.78, 5) is 12.0. The number of hydrogen-bond acceptors (Lipinski definition) is 4. The van der Waals surface area contributed by atoms with Crippen molar-refractivity contribution in [1.29, 1.82) is 0 Å². The quantitative estimate of drug-likeness (QED) is 0.597. The van der Waals surface area contributed by atoms with E-state index in [-0.39, 0.29) is 0 Å². The third-order valence-electron chi connectivity index (χ3n) is 3.21. The van der Waals surface area contributed by atoms with E-state index in [1.165, 1.54) is 7.11 Å². The maximum absolute atomic E-state index is 12.0. The maximum Gasteiger partial charge on any atom is 0.341 e. The summed E-state index contributed by atoms with van der Waals surface area (Å²) in [5.41, 5.74) is 0.404. The molecule has 2 aromatic rings. The van der Waals surface area contributed by atoms with Crippen molar-refractivity contribution in [3.8, 4) is 5.75 Å². The molecule has 0 radical (unpaired) electrons. The van der Waals surface area contributed by atoms with Gasteiger partial charge < -0.3 is 14.2 Å². The Hall–Kier alpha value is -2.07. The lowest BCUT2D eigenvalue weighted by Crippen LogP contribution is -2.20. The maximum atomic E-state index is 12.0. The number of esters is 1. The van der Waals surface area contributed by atoms with Crippen molar-refractivity contribution in [2.45, 2.75) is 27.1 Å². The lowest BCUT2D eigenvalue weighted by Gasteiger charge is -2.19. The van der Waals surface area contributed by atoms with Crippen LogP contribution in [-0.4, -0.2) is 26.0 Å². The van der Waals surface area contributed by atoms with E-state index in [9.17, 15) is 4.79 Å². The van der Waals surface area contributed by atoms with Gasteiger partial charge >= 0.3 is 5.97 Å². The molecule has 0 aliphatic rings. The minimum Gasteiger partial charge on any atom is -0.465 e. The Morgan fingerprint density at radius 3 is 2.32 bits per heavy atom. The van der Waals surface area contributed by atoms with Crippen LogP contribution in [0.25, 0.3) is 10.8 Å². The van der Waals surface area contributed by atoms with Crippen LogP contribution < -0.4 is 4.74 Å². The normalized spacial score (nSPS) is 12.4. The summed E-state index contributed by atoms with van der Waals surface area (Å²) >= 11 is 0. The van der Waals surface area contributed by atoms with Gasteiger partial charge in [0.25, 0.3) is 0 Å². The zero-order valence-electron chi connectivity index (χ0n) is 13.5. The molecule has 0 saturated carbocycles. The summed E-state index contributed by atoms with van der Waals surface area (Å²) in [5.74, 6) is 0.473. The minimum atomic E-state index is -0.438. The van der Waals surface area contributed by atoms with Crippen molar-refractivity contribution >= 4 is 16.7 Å². The Labute approximate surface area is 131 Å². The summed E-state index contributed by atoms with van der Waals surface area (Å²) in [6, 6.07) is 11.4. The Morgan fingerprint density at radius 1 is 1.09 bits per heavy atom. The van der Waals surface area contributed by atoms with Crippen LogP contribution in [0.5, 0.6) is 5.75 Å². The van der Waals surface area contributed by atoms with Crippen LogP contribution in [0.1, 0.15) is 31.1 Å². The summed E-state index contributed by atoms with van der Waals surface area (Å²) in [6.45, 7) is 6.56. The Kier molecular flexibility index (Phi) is 5.39. The van der Waals surface area contributed by atoms with E-state index in [4.69, 9.17) is 14.2 Å². The van der Waals surface area contributed by atoms with Crippen LogP contribution in [0.3, 0.4) is 0 Å². The van der Waals surface area contributed by atoms with E-state index in [1.54, 1.807) is 6.07 Å². The monoisotopic (exact) mass is 302 g/mol. The molecule has 0 aromatic heterocycles. The standard InChI is InChI=1S/C18H22O4/c1-12(2)11-21-13(3)22-17-10-15-8-6-5-7-14(15)9-16(17)18(19)20-4/h5-10,12-13H,11H2,1-4H3. The first-order valence-electron chi connectivity index (χ1n) is 7.40. The molecule has 0 fully saturated rings. The van der Waals surface area contributed by atoms with E-state index in [0.29, 0.717) is 23.8 Å². The first-order valence-corrected chi connectivity index (χ1v) is 7.40. The number of benzene rings is 2. The van der Waals surface area contributed by atoms with E-state index in [0.717, 1.165) is 10.8 Å². The summed E-state index contributed by atoms with van der Waals surface area (Å²) in [6.07, 6.45) is -0.438. The smallest absolute Gasteiger partial charge is 0.341 e. The number of rotatable bonds is 6. The van der Waals surface area contributed by atoms with Gasteiger partial charge in [-0.15, -0.1) is 0 Å². The molecule has 0 heterocycles. The van der Waals surface area contributed by atoms with Gasteiger partial charge in [-0.25, -0.2) is 4.79 Å². The second-order valence-corrected chi connectivity index (χ2v) is 5.60. The summed E-state index contributed by atoms with van der Waals surface area (Å²) < 4.78 is 16.3. The largest absolute Gasteiger partial charge is 0.465 e. The fourth-order valence-electron chi connectivity index (χ4n) is 2.13. The third-order valence-corrected chi connectivity index (χ3v) is 3.21. The molecule has 0 saturated heterocycles. The van der Waals surface area contributed by atoms with E-state index in [2.05, 4.69) is 13.8 Å². The topological polar surface area (TPSA) is 44.8 Å². The fraction of sp³-hybridized carbons (Fsp3) is 0.389. The SMILES string of the molecule is COC(=O)c1cc2ccccc2cc1OC(C)OCC(C)C. The summed E-state index contributed by atoms with van der Waals surface area (Å²) in [7, 11) is 1.36. The highest BCUT2D eigenvalue weighted by molar-refractivity contribution is 5.98. The van der Waals surface area contributed by atoms with Crippen LogP contribution in [0.2, 0.25) is 0 Å². The second kappa shape index (κ2) is 7.27. The first kappa shape index (κ1) is 16.3. The third kappa shape index (κ3) is 3.98. The molecule has 0 amide bonds. The molecule has 4 nitrogen and oxygen atoms in total. The number of hydrogen-bond donors (Lipinski definition) is 0. The van der Waals surface area contributed by atoms with Gasteiger partial charge in [-0.05, 0) is 35.7 Å². The average molecular weight is 302 g/mol. The zero-order valence-corrected chi connectivity index (χ0v) is 13.5. The van der Waals surface area contributed by atoms with E-state index in [1.807, 2.05) is 37.3 Å². The molecule has 118 valence electrons. The number of methoxy groups -OCH3 is 1. The molecule has 0 aliphatic carbocycles. The van der Waals surface area contributed by atoms with Crippen LogP contribution in [-0.2, 0) is 9.47 Å². The minimum absolute atomic E-state index is 0.404. The van der Waals surface area contributed by atoms with Crippen molar-refractivity contribution < 1.29 is 19.0 Å². The molecule has 0 bridgehead atoms. The number of carbonyl (C=O) groups excluding carboxylic acids is 1. The van der Waals surface area contributed by atoms with Gasteiger partial charge in [-0.1, -0.05) is 38.1 Å². The van der Waals surface area contributed by atoms with Crippen LogP contribution in [0, 0.1) is 5.92 Å². The molecule has 0 spiro atoms. The van der Waals surface area contributed by atoms with Crippen molar-refractivity contribution in [3.05, 3.63) is 42.0 Å². The van der Waals surface area contributed by atoms with Gasteiger partial charge in [0.1, 0.15) is 11.3 Å². The Balaban J connectivity index is 2.31. The molecule has 4 heteroatoms. The molecule has 2 aromatic carbocycles.